The van der Waals surface area contributed by atoms with Gasteiger partial charge in [0.2, 0.25) is 0 Å². The largest absolute Gasteiger partial charge is 0.444 e. The molecule has 0 aliphatic carbocycles. The highest BCUT2D eigenvalue weighted by Crippen LogP contribution is 2.15. The van der Waals surface area contributed by atoms with Crippen molar-refractivity contribution < 1.29 is 19.4 Å². The van der Waals surface area contributed by atoms with E-state index in [1.807, 2.05) is 27.7 Å². The Morgan fingerprint density at radius 1 is 1.59 bits per heavy atom. The predicted molar refractivity (Wildman–Crippen MR) is 63.8 cm³/mol. The fourth-order valence-corrected chi connectivity index (χ4v) is 1.66. The number of hydrogen-bond acceptors (Lipinski definition) is 4. The highest BCUT2D eigenvalue weighted by molar-refractivity contribution is 5.68. The number of nitrogens with zero attached hydrogens (tertiary/aromatic N) is 1. The second-order valence-electron chi connectivity index (χ2n) is 5.31. The van der Waals surface area contributed by atoms with Gasteiger partial charge in [0.05, 0.1) is 19.3 Å². The molecular weight excluding hydrogens is 222 g/mol. The van der Waals surface area contributed by atoms with Gasteiger partial charge in [-0.2, -0.15) is 0 Å². The van der Waals surface area contributed by atoms with Crippen LogP contribution in [0.15, 0.2) is 0 Å². The first kappa shape index (κ1) is 14.3. The van der Waals surface area contributed by atoms with Crippen LogP contribution >= 0.6 is 0 Å². The van der Waals surface area contributed by atoms with E-state index in [0.29, 0.717) is 26.1 Å². The van der Waals surface area contributed by atoms with Crippen molar-refractivity contribution in [3.63, 3.8) is 0 Å². The summed E-state index contributed by atoms with van der Waals surface area (Å²) in [6, 6.07) is 0. The molecule has 17 heavy (non-hydrogen) atoms. The van der Waals surface area contributed by atoms with Crippen LogP contribution in [0.1, 0.15) is 34.1 Å². The molecule has 0 bridgehead atoms. The minimum atomic E-state index is -0.528. The Bertz CT molecular complexity index is 262. The number of aliphatic hydroxyl groups excluding tert-OH is 1. The van der Waals surface area contributed by atoms with Crippen molar-refractivity contribution in [1.82, 2.24) is 4.90 Å². The van der Waals surface area contributed by atoms with Gasteiger partial charge in [0.1, 0.15) is 11.7 Å². The summed E-state index contributed by atoms with van der Waals surface area (Å²) in [5.41, 5.74) is -0.492. The van der Waals surface area contributed by atoms with Crippen LogP contribution in [0.5, 0.6) is 0 Å². The quantitative estimate of drug-likeness (QED) is 0.798. The summed E-state index contributed by atoms with van der Waals surface area (Å²) in [6.45, 7) is 8.75. The van der Waals surface area contributed by atoms with Crippen LogP contribution in [0.3, 0.4) is 0 Å². The molecule has 1 amide bonds. The lowest BCUT2D eigenvalue weighted by Crippen LogP contribution is -2.50. The highest BCUT2D eigenvalue weighted by Gasteiger charge is 2.30. The van der Waals surface area contributed by atoms with Gasteiger partial charge in [0.15, 0.2) is 0 Å². The van der Waals surface area contributed by atoms with Gasteiger partial charge in [0.25, 0.3) is 0 Å². The number of carbonyl (C=O) groups excluding carboxylic acids is 1. The number of amides is 1. The normalized spacial score (nSPS) is 23.4. The highest BCUT2D eigenvalue weighted by atomic mass is 16.6. The zero-order valence-electron chi connectivity index (χ0n) is 11.1. The van der Waals surface area contributed by atoms with Crippen LogP contribution in [0.2, 0.25) is 0 Å². The molecular formula is C12H23NO4. The number of rotatable bonds is 2. The number of hydrogen-bond donors (Lipinski definition) is 1. The van der Waals surface area contributed by atoms with Crippen LogP contribution in [0, 0.1) is 0 Å². The van der Waals surface area contributed by atoms with Crippen molar-refractivity contribution in [2.45, 2.75) is 51.9 Å². The smallest absolute Gasteiger partial charge is 0.410 e. The molecule has 100 valence electrons. The van der Waals surface area contributed by atoms with Crippen LogP contribution in [-0.2, 0) is 9.47 Å². The van der Waals surface area contributed by atoms with E-state index in [4.69, 9.17) is 9.47 Å². The Morgan fingerprint density at radius 3 is 2.76 bits per heavy atom. The average Bonchev–Trinajstić information content (AvgIpc) is 2.26. The molecule has 5 heteroatoms. The Morgan fingerprint density at radius 2 is 2.24 bits per heavy atom. The summed E-state index contributed by atoms with van der Waals surface area (Å²) >= 11 is 0. The molecule has 0 spiro atoms. The summed E-state index contributed by atoms with van der Waals surface area (Å²) in [6.07, 6.45) is -0.553. The fourth-order valence-electron chi connectivity index (χ4n) is 1.66. The lowest BCUT2D eigenvalue weighted by atomic mass is 10.1. The summed E-state index contributed by atoms with van der Waals surface area (Å²) < 4.78 is 10.7. The van der Waals surface area contributed by atoms with Gasteiger partial charge in [-0.15, -0.1) is 0 Å². The predicted octanol–water partition coefficient (Wildman–Crippen LogP) is 1.39. The summed E-state index contributed by atoms with van der Waals surface area (Å²) in [5.74, 6) is 0. The molecule has 0 aromatic rings. The Labute approximate surface area is 103 Å². The SMILES string of the molecule is CCC(O)[C@@H]1CN(C(=O)OC(C)(C)C)CCO1. The fraction of sp³-hybridized carbons (Fsp3) is 0.917. The maximum Gasteiger partial charge on any atom is 0.410 e. The zero-order chi connectivity index (χ0) is 13.1. The number of morpholine rings is 1. The minimum Gasteiger partial charge on any atom is -0.444 e. The van der Waals surface area contributed by atoms with Crippen molar-refractivity contribution >= 4 is 6.09 Å². The maximum absolute atomic E-state index is 11.8. The molecule has 0 aromatic heterocycles. The van der Waals surface area contributed by atoms with E-state index < -0.39 is 11.7 Å². The molecule has 0 saturated carbocycles. The van der Waals surface area contributed by atoms with E-state index >= 15 is 0 Å². The van der Waals surface area contributed by atoms with Crippen molar-refractivity contribution in [2.75, 3.05) is 19.7 Å². The molecule has 1 aliphatic heterocycles. The topological polar surface area (TPSA) is 59.0 Å². The average molecular weight is 245 g/mol. The van der Waals surface area contributed by atoms with Gasteiger partial charge in [-0.05, 0) is 27.2 Å². The van der Waals surface area contributed by atoms with Gasteiger partial charge in [-0.3, -0.25) is 0 Å². The van der Waals surface area contributed by atoms with E-state index in [9.17, 15) is 9.90 Å². The standard InChI is InChI=1S/C12H23NO4/c1-5-9(14)10-8-13(6-7-16-10)11(15)17-12(2,3)4/h9-10,14H,5-8H2,1-4H3/t9?,10-/m0/s1. The maximum atomic E-state index is 11.8. The Kier molecular flexibility index (Phi) is 4.77. The molecule has 5 nitrogen and oxygen atoms in total. The van der Waals surface area contributed by atoms with Crippen LogP contribution < -0.4 is 0 Å². The second kappa shape index (κ2) is 5.69. The Balaban J connectivity index is 2.52. The van der Waals surface area contributed by atoms with E-state index in [1.165, 1.54) is 0 Å². The number of ether oxygens (including phenoxy) is 2. The summed E-state index contributed by atoms with van der Waals surface area (Å²) in [5, 5.41) is 9.71. The Hall–Kier alpha value is -0.810. The van der Waals surface area contributed by atoms with Crippen LogP contribution in [-0.4, -0.2) is 53.6 Å². The molecule has 1 fully saturated rings. The third-order valence-corrected chi connectivity index (χ3v) is 2.59. The van der Waals surface area contributed by atoms with Gasteiger partial charge < -0.3 is 19.5 Å². The van der Waals surface area contributed by atoms with E-state index in [0.717, 1.165) is 0 Å². The van der Waals surface area contributed by atoms with E-state index in [1.54, 1.807) is 4.90 Å². The van der Waals surface area contributed by atoms with Crippen molar-refractivity contribution in [1.29, 1.82) is 0 Å². The van der Waals surface area contributed by atoms with Gasteiger partial charge in [-0.1, -0.05) is 6.92 Å². The molecule has 1 heterocycles. The van der Waals surface area contributed by atoms with Gasteiger partial charge in [0, 0.05) is 6.54 Å². The van der Waals surface area contributed by atoms with Gasteiger partial charge >= 0.3 is 6.09 Å². The van der Waals surface area contributed by atoms with E-state index in [-0.39, 0.29) is 12.2 Å². The lowest BCUT2D eigenvalue weighted by molar-refractivity contribution is -0.0898. The van der Waals surface area contributed by atoms with Crippen molar-refractivity contribution in [3.8, 4) is 0 Å². The van der Waals surface area contributed by atoms with Crippen LogP contribution in [0.25, 0.3) is 0 Å². The monoisotopic (exact) mass is 245 g/mol. The van der Waals surface area contributed by atoms with Crippen molar-refractivity contribution in [2.24, 2.45) is 0 Å². The number of aliphatic hydroxyl groups is 1. The van der Waals surface area contributed by atoms with Crippen molar-refractivity contribution in [3.05, 3.63) is 0 Å². The first-order valence-corrected chi connectivity index (χ1v) is 6.11. The minimum absolute atomic E-state index is 0.304. The van der Waals surface area contributed by atoms with Crippen LogP contribution in [0.4, 0.5) is 4.79 Å². The first-order valence-electron chi connectivity index (χ1n) is 6.11. The molecule has 1 aliphatic rings. The molecule has 0 radical (unpaired) electrons. The summed E-state index contributed by atoms with van der Waals surface area (Å²) in [7, 11) is 0. The molecule has 0 aromatic carbocycles. The molecule has 1 N–H and O–H groups in total. The third-order valence-electron chi connectivity index (χ3n) is 2.59. The summed E-state index contributed by atoms with van der Waals surface area (Å²) in [4.78, 5) is 13.4. The number of carbonyl (C=O) groups is 1. The molecule has 1 saturated heterocycles. The zero-order valence-corrected chi connectivity index (χ0v) is 11.1. The molecule has 1 unspecified atom stereocenters. The molecule has 2 atom stereocenters. The first-order chi connectivity index (χ1) is 7.83. The third kappa shape index (κ3) is 4.52. The second-order valence-corrected chi connectivity index (χ2v) is 5.31. The van der Waals surface area contributed by atoms with E-state index in [2.05, 4.69) is 0 Å². The molecule has 1 rings (SSSR count). The lowest BCUT2D eigenvalue weighted by Gasteiger charge is -2.35. The van der Waals surface area contributed by atoms with Gasteiger partial charge in [-0.25, -0.2) is 4.79 Å².